The van der Waals surface area contributed by atoms with Gasteiger partial charge in [0.05, 0.1) is 5.69 Å². The van der Waals surface area contributed by atoms with Crippen LogP contribution in [-0.2, 0) is 15.1 Å². The summed E-state index contributed by atoms with van der Waals surface area (Å²) in [7, 11) is 0. The van der Waals surface area contributed by atoms with E-state index in [0.717, 1.165) is 11.3 Å². The molecule has 0 atom stereocenters. The van der Waals surface area contributed by atoms with Crippen molar-refractivity contribution in [2.24, 2.45) is 0 Å². The van der Waals surface area contributed by atoms with Gasteiger partial charge in [-0.1, -0.05) is 18.2 Å². The lowest BCUT2D eigenvalue weighted by atomic mass is 9.92. The average molecular weight is 360 g/mol. The lowest BCUT2D eigenvalue weighted by molar-refractivity contribution is 0.0183. The highest BCUT2D eigenvalue weighted by atomic mass is 16.6. The molecule has 2 heterocycles. The summed E-state index contributed by atoms with van der Waals surface area (Å²) in [4.78, 5) is 28.4. The van der Waals surface area contributed by atoms with Gasteiger partial charge in [-0.25, -0.2) is 9.59 Å². The Labute approximate surface area is 155 Å². The molecule has 2 aliphatic heterocycles. The van der Waals surface area contributed by atoms with Gasteiger partial charge < -0.3 is 14.4 Å². The zero-order chi connectivity index (χ0) is 19.1. The molecule has 0 N–H and O–H groups in total. The Bertz CT molecular complexity index is 700. The van der Waals surface area contributed by atoms with Crippen LogP contribution in [0.15, 0.2) is 24.3 Å². The molecule has 0 aromatic heterocycles. The molecule has 3 rings (SSSR count). The molecule has 0 unspecified atom stereocenters. The van der Waals surface area contributed by atoms with Gasteiger partial charge in [-0.2, -0.15) is 0 Å². The van der Waals surface area contributed by atoms with Crippen LogP contribution in [0.25, 0.3) is 0 Å². The number of rotatable bonds is 1. The first kappa shape index (κ1) is 18.5. The molecule has 1 fully saturated rings. The van der Waals surface area contributed by atoms with Crippen LogP contribution < -0.4 is 4.90 Å². The molecule has 0 radical (unpaired) electrons. The van der Waals surface area contributed by atoms with Gasteiger partial charge >= 0.3 is 12.2 Å². The molecule has 1 saturated heterocycles. The lowest BCUT2D eigenvalue weighted by Gasteiger charge is -2.44. The van der Waals surface area contributed by atoms with E-state index in [1.54, 1.807) is 9.80 Å². The minimum absolute atomic E-state index is 0.0124. The normalized spacial score (nSPS) is 20.4. The van der Waals surface area contributed by atoms with Crippen molar-refractivity contribution in [3.63, 3.8) is 0 Å². The second kappa shape index (κ2) is 6.49. The number of cyclic esters (lactones) is 1. The van der Waals surface area contributed by atoms with Gasteiger partial charge in [0.1, 0.15) is 11.2 Å². The van der Waals surface area contributed by atoms with E-state index in [1.807, 2.05) is 58.9 Å². The summed E-state index contributed by atoms with van der Waals surface area (Å²) >= 11 is 0. The van der Waals surface area contributed by atoms with Crippen molar-refractivity contribution in [2.75, 3.05) is 18.0 Å². The number of benzene rings is 1. The largest absolute Gasteiger partial charge is 0.444 e. The quantitative estimate of drug-likeness (QED) is 0.750. The van der Waals surface area contributed by atoms with Gasteiger partial charge in [0, 0.05) is 24.7 Å². The maximum absolute atomic E-state index is 12.7. The van der Waals surface area contributed by atoms with Crippen molar-refractivity contribution in [1.29, 1.82) is 0 Å². The fraction of sp³-hybridized carbons (Fsp3) is 0.600. The fourth-order valence-electron chi connectivity index (χ4n) is 3.59. The summed E-state index contributed by atoms with van der Waals surface area (Å²) in [6.07, 6.45) is 0.787. The molecule has 0 bridgehead atoms. The minimum Gasteiger partial charge on any atom is -0.444 e. The van der Waals surface area contributed by atoms with Crippen LogP contribution >= 0.6 is 0 Å². The van der Waals surface area contributed by atoms with E-state index in [1.165, 1.54) is 0 Å². The van der Waals surface area contributed by atoms with E-state index in [0.29, 0.717) is 25.9 Å². The molecule has 142 valence electrons. The van der Waals surface area contributed by atoms with Crippen LogP contribution in [0.5, 0.6) is 0 Å². The lowest BCUT2D eigenvalue weighted by Crippen LogP contribution is -2.53. The Morgan fingerprint density at radius 1 is 1.19 bits per heavy atom. The van der Waals surface area contributed by atoms with E-state index in [-0.39, 0.29) is 18.2 Å². The summed E-state index contributed by atoms with van der Waals surface area (Å²) < 4.78 is 11.1. The number of para-hydroxylation sites is 1. The first-order valence-electron chi connectivity index (χ1n) is 9.18. The van der Waals surface area contributed by atoms with Crippen LogP contribution in [0.2, 0.25) is 0 Å². The molecule has 26 heavy (non-hydrogen) atoms. The number of likely N-dealkylation sites (tertiary alicyclic amines) is 1. The van der Waals surface area contributed by atoms with Crippen molar-refractivity contribution in [3.8, 4) is 0 Å². The number of ether oxygens (including phenoxy) is 2. The summed E-state index contributed by atoms with van der Waals surface area (Å²) in [5, 5.41) is 0. The molecule has 1 aromatic carbocycles. The van der Waals surface area contributed by atoms with Crippen molar-refractivity contribution in [2.45, 2.75) is 64.7 Å². The number of anilines is 1. The smallest absolute Gasteiger partial charge is 0.415 e. The monoisotopic (exact) mass is 360 g/mol. The van der Waals surface area contributed by atoms with E-state index in [2.05, 4.69) is 0 Å². The maximum atomic E-state index is 12.7. The highest BCUT2D eigenvalue weighted by Gasteiger charge is 2.42. The van der Waals surface area contributed by atoms with Crippen LogP contribution in [0, 0.1) is 0 Å². The molecule has 1 aromatic rings. The average Bonchev–Trinajstić information content (AvgIpc) is 2.53. The molecule has 6 heteroatoms. The third-order valence-corrected chi connectivity index (χ3v) is 4.83. The first-order valence-corrected chi connectivity index (χ1v) is 9.18. The van der Waals surface area contributed by atoms with E-state index in [4.69, 9.17) is 9.47 Å². The summed E-state index contributed by atoms with van der Waals surface area (Å²) in [5.41, 5.74) is 0.773. The number of carbonyl (C=O) groups is 2. The number of amides is 2. The predicted octanol–water partition coefficient (Wildman–Crippen LogP) is 4.28. The van der Waals surface area contributed by atoms with Gasteiger partial charge in [0.15, 0.2) is 0 Å². The van der Waals surface area contributed by atoms with Crippen molar-refractivity contribution in [1.82, 2.24) is 4.90 Å². The summed E-state index contributed by atoms with van der Waals surface area (Å²) in [5.74, 6) is 0. The molecule has 2 aliphatic rings. The second-order valence-corrected chi connectivity index (χ2v) is 8.46. The number of piperidine rings is 1. The van der Waals surface area contributed by atoms with Gasteiger partial charge in [-0.15, -0.1) is 0 Å². The van der Waals surface area contributed by atoms with Crippen LogP contribution in [0.3, 0.4) is 0 Å². The molecular weight excluding hydrogens is 332 g/mol. The Morgan fingerprint density at radius 2 is 1.81 bits per heavy atom. The van der Waals surface area contributed by atoms with E-state index in [9.17, 15) is 9.59 Å². The van der Waals surface area contributed by atoms with E-state index < -0.39 is 11.2 Å². The van der Waals surface area contributed by atoms with Gasteiger partial charge in [0.25, 0.3) is 0 Å². The second-order valence-electron chi connectivity index (χ2n) is 8.46. The number of hydrogen-bond acceptors (Lipinski definition) is 4. The van der Waals surface area contributed by atoms with Crippen LogP contribution in [0.4, 0.5) is 15.3 Å². The maximum Gasteiger partial charge on any atom is 0.415 e. The van der Waals surface area contributed by atoms with Crippen molar-refractivity contribution >= 4 is 17.9 Å². The number of hydrogen-bond donors (Lipinski definition) is 0. The first-order chi connectivity index (χ1) is 12.1. The molecule has 6 nitrogen and oxygen atoms in total. The topological polar surface area (TPSA) is 59.1 Å². The Balaban J connectivity index is 1.73. The zero-order valence-corrected chi connectivity index (χ0v) is 16.2. The van der Waals surface area contributed by atoms with Crippen LogP contribution in [0.1, 0.15) is 53.0 Å². The molecular formula is C20H28N2O4. The third kappa shape index (κ3) is 3.64. The fourth-order valence-corrected chi connectivity index (χ4v) is 3.59. The number of fused-ring (bicyclic) bond motifs is 1. The number of carbonyl (C=O) groups excluding carboxylic acids is 2. The van der Waals surface area contributed by atoms with E-state index >= 15 is 0 Å². The number of nitrogens with zero attached hydrogens (tertiary/aromatic N) is 2. The summed E-state index contributed by atoms with van der Waals surface area (Å²) in [6, 6.07) is 7.89. The van der Waals surface area contributed by atoms with Crippen molar-refractivity contribution in [3.05, 3.63) is 29.8 Å². The van der Waals surface area contributed by atoms with Gasteiger partial charge in [0.2, 0.25) is 0 Å². The van der Waals surface area contributed by atoms with Gasteiger partial charge in [-0.05, 0) is 53.5 Å². The zero-order valence-electron chi connectivity index (χ0n) is 16.2. The van der Waals surface area contributed by atoms with Gasteiger partial charge in [-0.3, -0.25) is 4.90 Å². The Morgan fingerprint density at radius 3 is 2.42 bits per heavy atom. The highest BCUT2D eigenvalue weighted by molar-refractivity contribution is 5.92. The van der Waals surface area contributed by atoms with Crippen LogP contribution in [-0.4, -0.2) is 41.8 Å². The third-order valence-electron chi connectivity index (χ3n) is 4.83. The molecule has 0 aliphatic carbocycles. The summed E-state index contributed by atoms with van der Waals surface area (Å²) in [6.45, 7) is 10.5. The Hall–Kier alpha value is -2.24. The predicted molar refractivity (Wildman–Crippen MR) is 99.3 cm³/mol. The molecule has 2 amide bonds. The highest BCUT2D eigenvalue weighted by Crippen LogP contribution is 2.40. The standard InChI is InChI=1S/C20H28N2O4/c1-19(2,3)25-17(23)21-12-10-14(11-13-21)22-16-9-7-6-8-15(16)20(4,5)26-18(22)24/h6-9,14H,10-13H2,1-5H3. The minimum atomic E-state index is -0.638. The molecule has 0 saturated carbocycles. The Kier molecular flexibility index (Phi) is 4.63. The van der Waals surface area contributed by atoms with Crippen molar-refractivity contribution < 1.29 is 19.1 Å². The SMILES string of the molecule is CC(C)(C)OC(=O)N1CCC(N2C(=O)OC(C)(C)c3ccccc32)CC1. The molecule has 0 spiro atoms.